The van der Waals surface area contributed by atoms with Crippen molar-refractivity contribution < 1.29 is 19.1 Å². The SMILES string of the molecule is NCc1cccc(N(C(=O)CNC(=O)OCc2ccccc2)c2ccc(OCc3ccccc3)cc2)c1. The molecule has 0 aliphatic heterocycles. The minimum Gasteiger partial charge on any atom is -0.489 e. The maximum Gasteiger partial charge on any atom is 0.407 e. The van der Waals surface area contributed by atoms with Crippen LogP contribution in [0.1, 0.15) is 16.7 Å². The molecule has 0 aliphatic rings. The van der Waals surface area contributed by atoms with E-state index in [2.05, 4.69) is 5.32 Å². The van der Waals surface area contributed by atoms with Crippen LogP contribution in [-0.4, -0.2) is 18.5 Å². The van der Waals surface area contributed by atoms with Gasteiger partial charge in [-0.05, 0) is 53.1 Å². The molecule has 37 heavy (non-hydrogen) atoms. The summed E-state index contributed by atoms with van der Waals surface area (Å²) in [5.41, 5.74) is 9.90. The van der Waals surface area contributed by atoms with Gasteiger partial charge in [-0.25, -0.2) is 4.79 Å². The number of anilines is 2. The van der Waals surface area contributed by atoms with Gasteiger partial charge in [-0.1, -0.05) is 72.8 Å². The highest BCUT2D eigenvalue weighted by molar-refractivity contribution is 6.02. The highest BCUT2D eigenvalue weighted by atomic mass is 16.5. The third-order valence-electron chi connectivity index (χ3n) is 5.59. The Morgan fingerprint density at radius 2 is 1.32 bits per heavy atom. The van der Waals surface area contributed by atoms with Crippen molar-refractivity contribution in [3.8, 4) is 5.75 Å². The Hall–Kier alpha value is -4.62. The van der Waals surface area contributed by atoms with Gasteiger partial charge >= 0.3 is 6.09 Å². The molecular formula is C30H29N3O4. The summed E-state index contributed by atoms with van der Waals surface area (Å²) in [7, 11) is 0. The number of amides is 2. The average molecular weight is 496 g/mol. The summed E-state index contributed by atoms with van der Waals surface area (Å²) in [5, 5.41) is 2.55. The Bertz CT molecular complexity index is 1300. The highest BCUT2D eigenvalue weighted by Crippen LogP contribution is 2.28. The molecule has 0 saturated heterocycles. The van der Waals surface area contributed by atoms with Gasteiger partial charge < -0.3 is 20.5 Å². The van der Waals surface area contributed by atoms with Gasteiger partial charge in [-0.15, -0.1) is 0 Å². The fraction of sp³-hybridized carbons (Fsp3) is 0.133. The van der Waals surface area contributed by atoms with Gasteiger partial charge in [0.1, 0.15) is 25.5 Å². The number of carbonyl (C=O) groups is 2. The molecular weight excluding hydrogens is 466 g/mol. The van der Waals surface area contributed by atoms with Gasteiger partial charge in [0, 0.05) is 17.9 Å². The molecule has 4 aromatic rings. The van der Waals surface area contributed by atoms with E-state index >= 15 is 0 Å². The molecule has 188 valence electrons. The zero-order chi connectivity index (χ0) is 25.9. The summed E-state index contributed by atoms with van der Waals surface area (Å²) in [6, 6.07) is 33.9. The molecule has 0 heterocycles. The molecule has 3 N–H and O–H groups in total. The van der Waals surface area contributed by atoms with E-state index in [1.807, 2.05) is 97.1 Å². The minimum absolute atomic E-state index is 0.119. The summed E-state index contributed by atoms with van der Waals surface area (Å²) in [4.78, 5) is 27.1. The lowest BCUT2D eigenvalue weighted by Gasteiger charge is -2.24. The lowest BCUT2D eigenvalue weighted by Crippen LogP contribution is -2.38. The summed E-state index contributed by atoms with van der Waals surface area (Å²) in [6.07, 6.45) is -0.669. The van der Waals surface area contributed by atoms with Crippen molar-refractivity contribution in [3.05, 3.63) is 126 Å². The van der Waals surface area contributed by atoms with Gasteiger partial charge in [0.25, 0.3) is 5.91 Å². The molecule has 0 atom stereocenters. The van der Waals surface area contributed by atoms with Crippen LogP contribution < -0.4 is 20.7 Å². The number of ether oxygens (including phenoxy) is 2. The van der Waals surface area contributed by atoms with Crippen LogP contribution in [0, 0.1) is 0 Å². The molecule has 0 spiro atoms. The minimum atomic E-state index is -0.669. The van der Waals surface area contributed by atoms with Crippen molar-refractivity contribution in [2.45, 2.75) is 19.8 Å². The second kappa shape index (κ2) is 12.9. The number of rotatable bonds is 10. The van der Waals surface area contributed by atoms with Crippen molar-refractivity contribution in [1.29, 1.82) is 0 Å². The van der Waals surface area contributed by atoms with E-state index in [0.29, 0.717) is 30.3 Å². The van der Waals surface area contributed by atoms with Crippen molar-refractivity contribution >= 4 is 23.4 Å². The number of benzene rings is 4. The van der Waals surface area contributed by atoms with E-state index in [1.54, 1.807) is 12.1 Å². The third-order valence-corrected chi connectivity index (χ3v) is 5.59. The smallest absolute Gasteiger partial charge is 0.407 e. The first-order valence-corrected chi connectivity index (χ1v) is 12.0. The molecule has 7 nitrogen and oxygen atoms in total. The Morgan fingerprint density at radius 3 is 1.97 bits per heavy atom. The maximum absolute atomic E-state index is 13.3. The van der Waals surface area contributed by atoms with Gasteiger partial charge in [-0.3, -0.25) is 9.69 Å². The Balaban J connectivity index is 1.44. The van der Waals surface area contributed by atoms with Crippen LogP contribution in [0.5, 0.6) is 5.75 Å². The van der Waals surface area contributed by atoms with Crippen LogP contribution in [0.3, 0.4) is 0 Å². The average Bonchev–Trinajstić information content (AvgIpc) is 2.96. The van der Waals surface area contributed by atoms with Crippen molar-refractivity contribution in [2.75, 3.05) is 11.4 Å². The largest absolute Gasteiger partial charge is 0.489 e. The van der Waals surface area contributed by atoms with E-state index in [1.165, 1.54) is 4.90 Å². The van der Waals surface area contributed by atoms with Gasteiger partial charge in [0.2, 0.25) is 0 Å². The number of hydrogen-bond donors (Lipinski definition) is 2. The van der Waals surface area contributed by atoms with Gasteiger partial charge in [-0.2, -0.15) is 0 Å². The van der Waals surface area contributed by atoms with E-state index in [0.717, 1.165) is 16.7 Å². The topological polar surface area (TPSA) is 93.9 Å². The zero-order valence-corrected chi connectivity index (χ0v) is 20.4. The summed E-state index contributed by atoms with van der Waals surface area (Å²) < 4.78 is 11.1. The predicted molar refractivity (Wildman–Crippen MR) is 143 cm³/mol. The van der Waals surface area contributed by atoms with Crippen LogP contribution in [0.15, 0.2) is 109 Å². The van der Waals surface area contributed by atoms with Crippen molar-refractivity contribution in [1.82, 2.24) is 5.32 Å². The fourth-order valence-electron chi connectivity index (χ4n) is 3.69. The second-order valence-electron chi connectivity index (χ2n) is 8.29. The molecule has 0 unspecified atom stereocenters. The fourth-order valence-corrected chi connectivity index (χ4v) is 3.69. The Kier molecular flexibility index (Phi) is 8.88. The number of carbonyl (C=O) groups excluding carboxylic acids is 2. The standard InChI is InChI=1S/C30H29N3O4/c31-19-25-12-7-13-27(18-25)33(29(34)20-32-30(35)37-22-24-10-5-2-6-11-24)26-14-16-28(17-15-26)36-21-23-8-3-1-4-9-23/h1-18H,19-22,31H2,(H,32,35). The number of alkyl carbamates (subject to hydrolysis) is 1. The monoisotopic (exact) mass is 495 g/mol. The number of nitrogens with two attached hydrogens (primary N) is 1. The van der Waals surface area contributed by atoms with E-state index in [-0.39, 0.29) is 19.1 Å². The molecule has 0 fully saturated rings. The Morgan fingerprint density at radius 1 is 0.703 bits per heavy atom. The summed E-state index contributed by atoms with van der Waals surface area (Å²) >= 11 is 0. The summed E-state index contributed by atoms with van der Waals surface area (Å²) in [6.45, 7) is 0.656. The first-order valence-electron chi connectivity index (χ1n) is 12.0. The maximum atomic E-state index is 13.3. The molecule has 0 saturated carbocycles. The molecule has 4 aromatic carbocycles. The molecule has 0 bridgehead atoms. The van der Waals surface area contributed by atoms with Crippen LogP contribution in [0.2, 0.25) is 0 Å². The Labute approximate surface area is 216 Å². The summed E-state index contributed by atoms with van der Waals surface area (Å²) in [5.74, 6) is 0.349. The molecule has 0 aliphatic carbocycles. The quantitative estimate of drug-likeness (QED) is 0.311. The highest BCUT2D eigenvalue weighted by Gasteiger charge is 2.20. The van der Waals surface area contributed by atoms with Crippen molar-refractivity contribution in [2.24, 2.45) is 5.73 Å². The molecule has 0 aromatic heterocycles. The number of nitrogens with zero attached hydrogens (tertiary/aromatic N) is 1. The molecule has 2 amide bonds. The van der Waals surface area contributed by atoms with Gasteiger partial charge in [0.05, 0.1) is 0 Å². The van der Waals surface area contributed by atoms with E-state index in [4.69, 9.17) is 15.2 Å². The van der Waals surface area contributed by atoms with Gasteiger partial charge in [0.15, 0.2) is 0 Å². The number of nitrogens with one attached hydrogen (secondary N) is 1. The first-order chi connectivity index (χ1) is 18.1. The normalized spacial score (nSPS) is 10.4. The second-order valence-corrected chi connectivity index (χ2v) is 8.29. The first kappa shape index (κ1) is 25.5. The van der Waals surface area contributed by atoms with Crippen LogP contribution >= 0.6 is 0 Å². The van der Waals surface area contributed by atoms with E-state index < -0.39 is 6.09 Å². The molecule has 0 radical (unpaired) electrons. The van der Waals surface area contributed by atoms with Crippen LogP contribution in [0.25, 0.3) is 0 Å². The van der Waals surface area contributed by atoms with Crippen molar-refractivity contribution in [3.63, 3.8) is 0 Å². The van der Waals surface area contributed by atoms with E-state index in [9.17, 15) is 9.59 Å². The lowest BCUT2D eigenvalue weighted by molar-refractivity contribution is -0.117. The predicted octanol–water partition coefficient (Wildman–Crippen LogP) is 5.32. The lowest BCUT2D eigenvalue weighted by atomic mass is 10.1. The molecule has 7 heteroatoms. The van der Waals surface area contributed by atoms with Crippen LogP contribution in [0.4, 0.5) is 16.2 Å². The zero-order valence-electron chi connectivity index (χ0n) is 20.4. The third kappa shape index (κ3) is 7.43. The van der Waals surface area contributed by atoms with Crippen LogP contribution in [-0.2, 0) is 29.3 Å². The number of hydrogen-bond acceptors (Lipinski definition) is 5. The molecule has 4 rings (SSSR count).